The van der Waals surface area contributed by atoms with E-state index in [2.05, 4.69) is 48.5 Å². The Balaban J connectivity index is 2.32. The van der Waals surface area contributed by atoms with Crippen LogP contribution in [0.25, 0.3) is 0 Å². The van der Waals surface area contributed by atoms with E-state index in [1.807, 2.05) is 0 Å². The molecule has 0 aromatic carbocycles. The van der Waals surface area contributed by atoms with Crippen LogP contribution in [0.15, 0.2) is 0 Å². The predicted molar refractivity (Wildman–Crippen MR) is 88.3 cm³/mol. The predicted octanol–water partition coefficient (Wildman–Crippen LogP) is 5.55. The van der Waals surface area contributed by atoms with Crippen LogP contribution in [0.3, 0.4) is 0 Å². The van der Waals surface area contributed by atoms with E-state index in [9.17, 15) is 0 Å². The van der Waals surface area contributed by atoms with Crippen molar-refractivity contribution in [3.05, 3.63) is 0 Å². The molecule has 2 heteroatoms. The summed E-state index contributed by atoms with van der Waals surface area (Å²) in [4.78, 5) is 0. The van der Waals surface area contributed by atoms with E-state index < -0.39 is 5.79 Å². The van der Waals surface area contributed by atoms with E-state index in [4.69, 9.17) is 9.47 Å². The molecule has 0 unspecified atom stereocenters. The SMILES string of the molecule is CCC[C@]1(C)O[C@H]2C[C@H](CC)[C@H](C)CCC(C)(C)[C@@]2(C)O1. The molecule has 124 valence electrons. The summed E-state index contributed by atoms with van der Waals surface area (Å²) in [5.41, 5.74) is 0.000615. The molecule has 0 radical (unpaired) electrons. The van der Waals surface area contributed by atoms with Crippen molar-refractivity contribution in [1.29, 1.82) is 0 Å². The van der Waals surface area contributed by atoms with Gasteiger partial charge in [-0.3, -0.25) is 0 Å². The van der Waals surface area contributed by atoms with Crippen molar-refractivity contribution in [2.24, 2.45) is 17.3 Å². The molecule has 1 saturated heterocycles. The van der Waals surface area contributed by atoms with Gasteiger partial charge >= 0.3 is 0 Å². The molecular formula is C19H36O2. The molecule has 2 fully saturated rings. The highest BCUT2D eigenvalue weighted by Crippen LogP contribution is 2.54. The second-order valence-corrected chi connectivity index (χ2v) is 8.50. The van der Waals surface area contributed by atoms with Gasteiger partial charge in [-0.2, -0.15) is 0 Å². The molecule has 0 spiro atoms. The summed E-state index contributed by atoms with van der Waals surface area (Å²) in [5, 5.41) is 0. The quantitative estimate of drug-likeness (QED) is 0.680. The summed E-state index contributed by atoms with van der Waals surface area (Å²) in [7, 11) is 0. The van der Waals surface area contributed by atoms with Crippen LogP contribution in [0.5, 0.6) is 0 Å². The van der Waals surface area contributed by atoms with Gasteiger partial charge in [0.05, 0.1) is 6.10 Å². The Bertz CT molecular complexity index is 365. The normalized spacial score (nSPS) is 46.7. The Morgan fingerprint density at radius 3 is 2.33 bits per heavy atom. The molecule has 1 aliphatic carbocycles. The average Bonchev–Trinajstić information content (AvgIpc) is 2.65. The maximum Gasteiger partial charge on any atom is 0.166 e. The fraction of sp³-hybridized carbons (Fsp3) is 1.00. The third-order valence-corrected chi connectivity index (χ3v) is 6.55. The molecule has 0 bridgehead atoms. The lowest BCUT2D eigenvalue weighted by Gasteiger charge is -2.47. The summed E-state index contributed by atoms with van der Waals surface area (Å²) in [6, 6.07) is 0. The highest BCUT2D eigenvalue weighted by molar-refractivity contribution is 5.05. The molecule has 1 heterocycles. The minimum absolute atomic E-state index is 0.162. The summed E-state index contributed by atoms with van der Waals surface area (Å²) in [5.74, 6) is 1.16. The van der Waals surface area contributed by atoms with E-state index in [-0.39, 0.29) is 17.1 Å². The topological polar surface area (TPSA) is 18.5 Å². The van der Waals surface area contributed by atoms with Gasteiger partial charge in [0, 0.05) is 6.42 Å². The van der Waals surface area contributed by atoms with Gasteiger partial charge in [0.25, 0.3) is 0 Å². The van der Waals surface area contributed by atoms with Crippen molar-refractivity contribution < 1.29 is 9.47 Å². The van der Waals surface area contributed by atoms with Gasteiger partial charge in [0.15, 0.2) is 5.79 Å². The van der Waals surface area contributed by atoms with Crippen LogP contribution in [0.4, 0.5) is 0 Å². The molecule has 2 rings (SSSR count). The van der Waals surface area contributed by atoms with Crippen molar-refractivity contribution in [1.82, 2.24) is 0 Å². The molecule has 0 amide bonds. The van der Waals surface area contributed by atoms with Gasteiger partial charge in [-0.05, 0) is 50.4 Å². The monoisotopic (exact) mass is 296 g/mol. The van der Waals surface area contributed by atoms with Crippen LogP contribution < -0.4 is 0 Å². The van der Waals surface area contributed by atoms with Gasteiger partial charge in [-0.15, -0.1) is 0 Å². The van der Waals surface area contributed by atoms with E-state index in [1.165, 1.54) is 19.3 Å². The second-order valence-electron chi connectivity index (χ2n) is 8.50. The van der Waals surface area contributed by atoms with Crippen LogP contribution in [0.1, 0.15) is 87.0 Å². The molecule has 5 atom stereocenters. The van der Waals surface area contributed by atoms with E-state index >= 15 is 0 Å². The van der Waals surface area contributed by atoms with Crippen LogP contribution in [0.2, 0.25) is 0 Å². The number of rotatable bonds is 3. The smallest absolute Gasteiger partial charge is 0.166 e. The lowest BCUT2D eigenvalue weighted by Crippen LogP contribution is -2.52. The lowest BCUT2D eigenvalue weighted by molar-refractivity contribution is -0.197. The highest BCUT2D eigenvalue weighted by Gasteiger charge is 2.59. The third kappa shape index (κ3) is 3.03. The Morgan fingerprint density at radius 2 is 1.76 bits per heavy atom. The molecular weight excluding hydrogens is 260 g/mol. The Labute approximate surface area is 132 Å². The summed E-state index contributed by atoms with van der Waals surface area (Å²) < 4.78 is 13.2. The number of hydrogen-bond acceptors (Lipinski definition) is 2. The Hall–Kier alpha value is -0.0800. The van der Waals surface area contributed by atoms with Crippen LogP contribution in [-0.2, 0) is 9.47 Å². The molecule has 2 aliphatic rings. The number of hydrogen-bond donors (Lipinski definition) is 0. The Kier molecular flexibility index (Phi) is 4.81. The van der Waals surface area contributed by atoms with Crippen molar-refractivity contribution in [3.63, 3.8) is 0 Å². The largest absolute Gasteiger partial charge is 0.344 e. The first-order chi connectivity index (χ1) is 9.67. The zero-order valence-electron chi connectivity index (χ0n) is 15.3. The zero-order chi connectivity index (χ0) is 15.9. The zero-order valence-corrected chi connectivity index (χ0v) is 15.3. The van der Waals surface area contributed by atoms with Crippen LogP contribution in [-0.4, -0.2) is 17.5 Å². The van der Waals surface area contributed by atoms with E-state index in [0.717, 1.165) is 31.1 Å². The lowest BCUT2D eigenvalue weighted by atomic mass is 9.64. The van der Waals surface area contributed by atoms with Crippen LogP contribution >= 0.6 is 0 Å². The molecule has 0 aromatic heterocycles. The standard InChI is InChI=1S/C19H36O2/c1-8-11-18(6)20-16-13-15(9-2)14(3)10-12-17(4,5)19(16,7)21-18/h14-16H,8-13H2,1-7H3/t14-,15+,16+,18-,19+/m1/s1. The minimum atomic E-state index is -0.392. The summed E-state index contributed by atoms with van der Waals surface area (Å²) >= 11 is 0. The summed E-state index contributed by atoms with van der Waals surface area (Å²) in [6.45, 7) is 16.2. The maximum atomic E-state index is 6.64. The third-order valence-electron chi connectivity index (χ3n) is 6.55. The first-order valence-corrected chi connectivity index (χ1v) is 9.05. The van der Waals surface area contributed by atoms with Gasteiger partial charge in [0.2, 0.25) is 0 Å². The highest BCUT2D eigenvalue weighted by atomic mass is 16.8. The minimum Gasteiger partial charge on any atom is -0.344 e. The number of ether oxygens (including phenoxy) is 2. The van der Waals surface area contributed by atoms with Gasteiger partial charge in [-0.25, -0.2) is 0 Å². The molecule has 0 N–H and O–H groups in total. The average molecular weight is 296 g/mol. The van der Waals surface area contributed by atoms with E-state index in [0.29, 0.717) is 0 Å². The first-order valence-electron chi connectivity index (χ1n) is 9.05. The first kappa shape index (κ1) is 17.3. The van der Waals surface area contributed by atoms with Crippen LogP contribution in [0, 0.1) is 17.3 Å². The second kappa shape index (κ2) is 5.85. The van der Waals surface area contributed by atoms with Crippen molar-refractivity contribution in [3.8, 4) is 0 Å². The number of fused-ring (bicyclic) bond motifs is 1. The maximum absolute atomic E-state index is 6.64. The Morgan fingerprint density at radius 1 is 1.10 bits per heavy atom. The fourth-order valence-corrected chi connectivity index (χ4v) is 4.51. The van der Waals surface area contributed by atoms with E-state index in [1.54, 1.807) is 0 Å². The van der Waals surface area contributed by atoms with Crippen molar-refractivity contribution >= 4 is 0 Å². The molecule has 21 heavy (non-hydrogen) atoms. The van der Waals surface area contributed by atoms with Crippen molar-refractivity contribution in [2.75, 3.05) is 0 Å². The summed E-state index contributed by atoms with van der Waals surface area (Å²) in [6.07, 6.45) is 7.26. The van der Waals surface area contributed by atoms with Gasteiger partial charge < -0.3 is 9.47 Å². The molecule has 1 saturated carbocycles. The van der Waals surface area contributed by atoms with Gasteiger partial charge in [-0.1, -0.05) is 47.5 Å². The van der Waals surface area contributed by atoms with Crippen molar-refractivity contribution in [2.45, 2.75) is 104 Å². The van der Waals surface area contributed by atoms with Gasteiger partial charge in [0.1, 0.15) is 5.60 Å². The molecule has 0 aromatic rings. The molecule has 1 aliphatic heterocycles. The fourth-order valence-electron chi connectivity index (χ4n) is 4.51. The molecule has 2 nitrogen and oxygen atoms in total.